The number of likely N-dealkylation sites (tertiary alicyclic amines) is 1. The predicted octanol–water partition coefficient (Wildman–Crippen LogP) is 3.68. The summed E-state index contributed by atoms with van der Waals surface area (Å²) in [6.45, 7) is 4.38. The normalized spacial score (nSPS) is 19.4. The lowest BCUT2D eigenvalue weighted by Crippen LogP contribution is -2.52. The van der Waals surface area contributed by atoms with E-state index >= 15 is 0 Å². The molecule has 0 unspecified atom stereocenters. The number of carboxylic acid groups (broad SMARTS) is 1. The topological polar surface area (TPSA) is 122 Å². The maximum atomic E-state index is 12.8. The molecule has 0 radical (unpaired) electrons. The molecule has 2 aliphatic rings. The Balaban J connectivity index is 0.000000468. The molecule has 1 aromatic rings. The molecule has 0 aromatic heterocycles. The highest BCUT2D eigenvalue weighted by atomic mass is 16.5. The van der Waals surface area contributed by atoms with Gasteiger partial charge in [0, 0.05) is 12.6 Å². The number of nitrogens with one attached hydrogen (secondary N) is 1. The summed E-state index contributed by atoms with van der Waals surface area (Å²) >= 11 is 0. The number of rotatable bonds is 7. The number of amides is 2. The van der Waals surface area contributed by atoms with Gasteiger partial charge in [0.2, 0.25) is 5.91 Å². The van der Waals surface area contributed by atoms with E-state index in [0.29, 0.717) is 31.8 Å². The minimum atomic E-state index is -1.01. The van der Waals surface area contributed by atoms with Gasteiger partial charge in [0.25, 0.3) is 0 Å². The minimum Gasteiger partial charge on any atom is -0.480 e. The van der Waals surface area contributed by atoms with Gasteiger partial charge in [-0.3, -0.25) is 4.79 Å². The zero-order chi connectivity index (χ0) is 24.2. The highest BCUT2D eigenvalue weighted by Gasteiger charge is 2.37. The van der Waals surface area contributed by atoms with Gasteiger partial charge in [-0.05, 0) is 43.6 Å². The molecule has 0 bridgehead atoms. The van der Waals surface area contributed by atoms with Crippen molar-refractivity contribution >= 4 is 18.0 Å². The molecule has 2 amide bonds. The van der Waals surface area contributed by atoms with Crippen molar-refractivity contribution in [3.8, 4) is 0 Å². The second kappa shape index (κ2) is 13.8. The molecular formula is C25H39N3O5. The van der Waals surface area contributed by atoms with Gasteiger partial charge in [0.1, 0.15) is 18.7 Å². The lowest BCUT2D eigenvalue weighted by atomic mass is 9.97. The number of alkyl carbamates (subject to hydrolysis) is 1. The highest BCUT2D eigenvalue weighted by molar-refractivity contribution is 5.89. The van der Waals surface area contributed by atoms with E-state index in [9.17, 15) is 19.5 Å². The average Bonchev–Trinajstić information content (AvgIpc) is 3.28. The van der Waals surface area contributed by atoms with Crippen LogP contribution in [0, 0.1) is 5.92 Å². The number of nitrogens with zero attached hydrogens (tertiary/aromatic N) is 1. The molecule has 0 spiro atoms. The summed E-state index contributed by atoms with van der Waals surface area (Å²) in [5, 5.41) is 11.9. The number of ether oxygens (including phenoxy) is 1. The Morgan fingerprint density at radius 3 is 2.30 bits per heavy atom. The summed E-state index contributed by atoms with van der Waals surface area (Å²) in [5.41, 5.74) is 6.48. The molecular weight excluding hydrogens is 422 g/mol. The lowest BCUT2D eigenvalue weighted by Gasteiger charge is -2.28. The third-order valence-electron chi connectivity index (χ3n) is 5.98. The molecule has 184 valence electrons. The second-order valence-corrected chi connectivity index (χ2v) is 9.31. The van der Waals surface area contributed by atoms with Crippen LogP contribution in [0.5, 0.6) is 0 Å². The molecule has 8 heteroatoms. The highest BCUT2D eigenvalue weighted by Crippen LogP contribution is 2.20. The molecule has 2 atom stereocenters. The van der Waals surface area contributed by atoms with Crippen LogP contribution in [0.4, 0.5) is 4.79 Å². The van der Waals surface area contributed by atoms with E-state index in [2.05, 4.69) is 5.32 Å². The Hall–Kier alpha value is -2.61. The molecule has 4 N–H and O–H groups in total. The van der Waals surface area contributed by atoms with Gasteiger partial charge < -0.3 is 25.8 Å². The van der Waals surface area contributed by atoms with Crippen molar-refractivity contribution in [3.63, 3.8) is 0 Å². The van der Waals surface area contributed by atoms with E-state index in [1.165, 1.54) is 37.0 Å². The largest absolute Gasteiger partial charge is 0.480 e. The molecule has 2 fully saturated rings. The molecule has 1 saturated carbocycles. The van der Waals surface area contributed by atoms with Crippen molar-refractivity contribution in [2.45, 2.75) is 89.9 Å². The van der Waals surface area contributed by atoms with Gasteiger partial charge in [0.05, 0.1) is 0 Å². The molecule has 1 aliphatic carbocycles. The molecule has 1 heterocycles. The number of aliphatic carboxylic acids is 1. The van der Waals surface area contributed by atoms with Gasteiger partial charge in [-0.1, -0.05) is 63.4 Å². The van der Waals surface area contributed by atoms with Crippen molar-refractivity contribution in [2.75, 3.05) is 6.54 Å². The van der Waals surface area contributed by atoms with Crippen LogP contribution in [0.2, 0.25) is 0 Å². The van der Waals surface area contributed by atoms with Crippen LogP contribution in [0.15, 0.2) is 30.3 Å². The third kappa shape index (κ3) is 9.42. The molecule has 3 rings (SSSR count). The SMILES string of the molecule is CC(C)C[C@H](NC(=O)OCc1ccccc1)C(=O)N1CCC[C@H]1C(=O)O.NC1CCCCC1. The van der Waals surface area contributed by atoms with Crippen LogP contribution < -0.4 is 11.1 Å². The Kier molecular flexibility index (Phi) is 11.2. The van der Waals surface area contributed by atoms with E-state index in [1.54, 1.807) is 0 Å². The van der Waals surface area contributed by atoms with Crippen LogP contribution in [0.1, 0.15) is 70.8 Å². The molecule has 33 heavy (non-hydrogen) atoms. The first-order chi connectivity index (χ1) is 15.8. The smallest absolute Gasteiger partial charge is 0.408 e. The van der Waals surface area contributed by atoms with E-state index < -0.39 is 24.1 Å². The minimum absolute atomic E-state index is 0.108. The van der Waals surface area contributed by atoms with Gasteiger partial charge in [-0.15, -0.1) is 0 Å². The molecule has 1 aliphatic heterocycles. The monoisotopic (exact) mass is 461 g/mol. The van der Waals surface area contributed by atoms with Gasteiger partial charge in [-0.25, -0.2) is 9.59 Å². The number of nitrogens with two attached hydrogens (primary N) is 1. The number of carboxylic acids is 1. The number of hydrogen-bond donors (Lipinski definition) is 3. The summed E-state index contributed by atoms with van der Waals surface area (Å²) in [6.07, 6.45) is 7.49. The number of carbonyl (C=O) groups excluding carboxylic acids is 2. The average molecular weight is 462 g/mol. The van der Waals surface area contributed by atoms with Crippen molar-refractivity contribution < 1.29 is 24.2 Å². The summed E-state index contributed by atoms with van der Waals surface area (Å²) in [4.78, 5) is 37.6. The Labute approximate surface area is 196 Å². The van der Waals surface area contributed by atoms with Crippen LogP contribution in [0.25, 0.3) is 0 Å². The molecule has 1 aromatic carbocycles. The maximum Gasteiger partial charge on any atom is 0.408 e. The second-order valence-electron chi connectivity index (χ2n) is 9.31. The van der Waals surface area contributed by atoms with Crippen LogP contribution in [-0.4, -0.2) is 52.6 Å². The summed E-state index contributed by atoms with van der Waals surface area (Å²) in [6, 6.07) is 8.17. The zero-order valence-electron chi connectivity index (χ0n) is 19.9. The first-order valence-corrected chi connectivity index (χ1v) is 12.0. The van der Waals surface area contributed by atoms with Gasteiger partial charge in [-0.2, -0.15) is 0 Å². The Bertz CT molecular complexity index is 750. The quantitative estimate of drug-likeness (QED) is 0.569. The van der Waals surface area contributed by atoms with Crippen LogP contribution >= 0.6 is 0 Å². The first-order valence-electron chi connectivity index (χ1n) is 12.0. The third-order valence-corrected chi connectivity index (χ3v) is 5.98. The van der Waals surface area contributed by atoms with E-state index in [-0.39, 0.29) is 18.4 Å². The zero-order valence-corrected chi connectivity index (χ0v) is 19.9. The summed E-state index contributed by atoms with van der Waals surface area (Å²) < 4.78 is 5.19. The number of benzene rings is 1. The predicted molar refractivity (Wildman–Crippen MR) is 126 cm³/mol. The van der Waals surface area contributed by atoms with E-state index in [4.69, 9.17) is 10.5 Å². The Morgan fingerprint density at radius 2 is 1.76 bits per heavy atom. The van der Waals surface area contributed by atoms with Crippen molar-refractivity contribution in [1.82, 2.24) is 10.2 Å². The first kappa shape index (κ1) is 26.6. The fourth-order valence-corrected chi connectivity index (χ4v) is 4.22. The fraction of sp³-hybridized carbons (Fsp3) is 0.640. The van der Waals surface area contributed by atoms with Gasteiger partial charge in [0.15, 0.2) is 0 Å². The Morgan fingerprint density at radius 1 is 1.09 bits per heavy atom. The maximum absolute atomic E-state index is 12.8. The van der Waals surface area contributed by atoms with E-state index in [0.717, 1.165) is 5.56 Å². The van der Waals surface area contributed by atoms with Crippen LogP contribution in [0.3, 0.4) is 0 Å². The fourth-order valence-electron chi connectivity index (χ4n) is 4.22. The number of hydrogen-bond acceptors (Lipinski definition) is 5. The van der Waals surface area contributed by atoms with Crippen molar-refractivity contribution in [1.29, 1.82) is 0 Å². The molecule has 8 nitrogen and oxygen atoms in total. The van der Waals surface area contributed by atoms with Crippen molar-refractivity contribution in [3.05, 3.63) is 35.9 Å². The lowest BCUT2D eigenvalue weighted by molar-refractivity contribution is -0.149. The summed E-state index contributed by atoms with van der Waals surface area (Å²) in [7, 11) is 0. The van der Waals surface area contributed by atoms with Crippen molar-refractivity contribution in [2.24, 2.45) is 11.7 Å². The summed E-state index contributed by atoms with van der Waals surface area (Å²) in [5.74, 6) is -1.21. The van der Waals surface area contributed by atoms with Crippen LogP contribution in [-0.2, 0) is 20.9 Å². The molecule has 1 saturated heterocycles. The number of carbonyl (C=O) groups is 3. The standard InChI is InChI=1S/C19H26N2O5.C6H13N/c1-13(2)11-15(17(22)21-10-6-9-16(21)18(23)24)20-19(25)26-12-14-7-4-3-5-8-14;7-6-4-2-1-3-5-6/h3-5,7-8,13,15-16H,6,9-12H2,1-2H3,(H,20,25)(H,23,24);6H,1-5,7H2/t15-,16-;/m0./s1. The van der Waals surface area contributed by atoms with E-state index in [1.807, 2.05) is 44.2 Å². The van der Waals surface area contributed by atoms with Gasteiger partial charge >= 0.3 is 12.1 Å².